The molecule has 2 saturated carbocycles. The molecule has 0 spiro atoms. The third-order valence-electron chi connectivity index (χ3n) is 5.14. The summed E-state index contributed by atoms with van der Waals surface area (Å²) in [5, 5.41) is 4.16. The molecule has 0 amide bonds. The number of nitrogens with zero attached hydrogens (tertiary/aromatic N) is 2. The lowest BCUT2D eigenvalue weighted by Crippen LogP contribution is -2.41. The largest absolute Gasteiger partial charge is 0.378 e. The molecule has 0 aromatic carbocycles. The van der Waals surface area contributed by atoms with Gasteiger partial charge < -0.3 is 15.0 Å². The SMILES string of the molecule is CCOC1CC(Cc2nc(C3(N)CCC(C)CC3)no2)C1. The van der Waals surface area contributed by atoms with Crippen molar-refractivity contribution in [2.45, 2.75) is 70.4 Å². The number of hydrogen-bond donors (Lipinski definition) is 1. The zero-order valence-corrected chi connectivity index (χ0v) is 13.2. The summed E-state index contributed by atoms with van der Waals surface area (Å²) < 4.78 is 11.0. The fourth-order valence-electron chi connectivity index (χ4n) is 3.50. The van der Waals surface area contributed by atoms with E-state index in [0.29, 0.717) is 17.8 Å². The van der Waals surface area contributed by atoms with Crippen molar-refractivity contribution in [2.24, 2.45) is 17.6 Å². The summed E-state index contributed by atoms with van der Waals surface area (Å²) in [6.07, 6.45) is 7.74. The van der Waals surface area contributed by atoms with Gasteiger partial charge in [-0.2, -0.15) is 4.98 Å². The summed E-state index contributed by atoms with van der Waals surface area (Å²) in [6, 6.07) is 0. The van der Waals surface area contributed by atoms with Crippen molar-refractivity contribution in [3.8, 4) is 0 Å². The molecule has 2 aliphatic carbocycles. The summed E-state index contributed by atoms with van der Waals surface area (Å²) >= 11 is 0. The van der Waals surface area contributed by atoms with Crippen molar-refractivity contribution in [3.63, 3.8) is 0 Å². The van der Waals surface area contributed by atoms with Gasteiger partial charge in [-0.3, -0.25) is 0 Å². The van der Waals surface area contributed by atoms with E-state index in [2.05, 4.69) is 17.1 Å². The van der Waals surface area contributed by atoms with Crippen LogP contribution in [0, 0.1) is 11.8 Å². The van der Waals surface area contributed by atoms with E-state index in [0.717, 1.165) is 63.4 Å². The van der Waals surface area contributed by atoms with Crippen LogP contribution in [0.3, 0.4) is 0 Å². The molecule has 1 aromatic heterocycles. The van der Waals surface area contributed by atoms with Gasteiger partial charge in [0.1, 0.15) is 0 Å². The average molecular weight is 293 g/mol. The van der Waals surface area contributed by atoms with E-state index in [1.165, 1.54) is 0 Å². The van der Waals surface area contributed by atoms with Gasteiger partial charge in [0.15, 0.2) is 5.82 Å². The van der Waals surface area contributed by atoms with Crippen molar-refractivity contribution >= 4 is 0 Å². The van der Waals surface area contributed by atoms with Gasteiger partial charge in [0.05, 0.1) is 11.6 Å². The Bertz CT molecular complexity index is 460. The second kappa shape index (κ2) is 6.05. The van der Waals surface area contributed by atoms with Crippen molar-refractivity contribution in [1.29, 1.82) is 0 Å². The second-order valence-corrected chi connectivity index (χ2v) is 6.97. The van der Waals surface area contributed by atoms with Gasteiger partial charge in [-0.15, -0.1) is 0 Å². The van der Waals surface area contributed by atoms with Crippen molar-refractivity contribution in [2.75, 3.05) is 6.61 Å². The normalized spacial score (nSPS) is 36.4. The first-order valence-corrected chi connectivity index (χ1v) is 8.32. The van der Waals surface area contributed by atoms with Gasteiger partial charge in [0.25, 0.3) is 0 Å². The molecule has 2 aliphatic rings. The van der Waals surface area contributed by atoms with Gasteiger partial charge in [-0.1, -0.05) is 12.1 Å². The van der Waals surface area contributed by atoms with E-state index in [1.807, 2.05) is 6.92 Å². The Morgan fingerprint density at radius 1 is 1.33 bits per heavy atom. The first kappa shape index (κ1) is 15.0. The fourth-order valence-corrected chi connectivity index (χ4v) is 3.50. The molecular formula is C16H27N3O2. The summed E-state index contributed by atoms with van der Waals surface area (Å²) in [7, 11) is 0. The van der Waals surface area contributed by atoms with Crippen LogP contribution in [0.2, 0.25) is 0 Å². The minimum atomic E-state index is -0.373. The molecule has 3 rings (SSSR count). The van der Waals surface area contributed by atoms with Crippen LogP contribution in [0.4, 0.5) is 0 Å². The smallest absolute Gasteiger partial charge is 0.226 e. The van der Waals surface area contributed by atoms with Crippen LogP contribution >= 0.6 is 0 Å². The fraction of sp³-hybridized carbons (Fsp3) is 0.875. The van der Waals surface area contributed by atoms with Crippen LogP contribution in [-0.4, -0.2) is 22.9 Å². The van der Waals surface area contributed by atoms with Gasteiger partial charge in [-0.05, 0) is 57.3 Å². The number of nitrogens with two attached hydrogens (primary N) is 1. The molecule has 21 heavy (non-hydrogen) atoms. The number of aromatic nitrogens is 2. The predicted octanol–water partition coefficient (Wildman–Crippen LogP) is 2.79. The van der Waals surface area contributed by atoms with Crippen LogP contribution in [0.15, 0.2) is 4.52 Å². The highest BCUT2D eigenvalue weighted by atomic mass is 16.5. The molecule has 0 unspecified atom stereocenters. The minimum absolute atomic E-state index is 0.373. The van der Waals surface area contributed by atoms with E-state index < -0.39 is 0 Å². The zero-order valence-electron chi connectivity index (χ0n) is 13.2. The van der Waals surface area contributed by atoms with Crippen LogP contribution in [0.25, 0.3) is 0 Å². The quantitative estimate of drug-likeness (QED) is 0.903. The lowest BCUT2D eigenvalue weighted by Gasteiger charge is -2.34. The molecule has 0 bridgehead atoms. The van der Waals surface area contributed by atoms with Crippen LogP contribution in [0.1, 0.15) is 64.1 Å². The second-order valence-electron chi connectivity index (χ2n) is 6.97. The number of ether oxygens (including phenoxy) is 1. The molecule has 118 valence electrons. The maximum atomic E-state index is 6.49. The first-order chi connectivity index (χ1) is 10.1. The standard InChI is InChI=1S/C16H27N3O2/c1-3-20-13-8-12(9-13)10-14-18-15(19-21-14)16(17)6-4-11(2)5-7-16/h11-13H,3-10,17H2,1-2H3. The highest BCUT2D eigenvalue weighted by Crippen LogP contribution is 2.37. The van der Waals surface area contributed by atoms with E-state index >= 15 is 0 Å². The Labute approximate surface area is 126 Å². The van der Waals surface area contributed by atoms with Crippen molar-refractivity contribution in [3.05, 3.63) is 11.7 Å². The Morgan fingerprint density at radius 3 is 2.71 bits per heavy atom. The Hall–Kier alpha value is -0.940. The Balaban J connectivity index is 1.54. The molecule has 0 atom stereocenters. The third-order valence-corrected chi connectivity index (χ3v) is 5.14. The van der Waals surface area contributed by atoms with Gasteiger partial charge in [0.2, 0.25) is 5.89 Å². The third kappa shape index (κ3) is 3.29. The summed E-state index contributed by atoms with van der Waals surface area (Å²) in [5.74, 6) is 2.84. The lowest BCUT2D eigenvalue weighted by molar-refractivity contribution is -0.0258. The molecule has 1 heterocycles. The first-order valence-electron chi connectivity index (χ1n) is 8.32. The number of rotatable bonds is 5. The molecule has 0 saturated heterocycles. The molecule has 0 aliphatic heterocycles. The summed E-state index contributed by atoms with van der Waals surface area (Å²) in [6.45, 7) is 5.13. The van der Waals surface area contributed by atoms with Crippen LogP contribution < -0.4 is 5.73 Å². The predicted molar refractivity (Wildman–Crippen MR) is 79.6 cm³/mol. The monoisotopic (exact) mass is 293 g/mol. The molecule has 1 aromatic rings. The van der Waals surface area contributed by atoms with Crippen LogP contribution in [0.5, 0.6) is 0 Å². The maximum Gasteiger partial charge on any atom is 0.226 e. The van der Waals surface area contributed by atoms with Crippen molar-refractivity contribution < 1.29 is 9.26 Å². The summed E-state index contributed by atoms with van der Waals surface area (Å²) in [5.41, 5.74) is 6.12. The van der Waals surface area contributed by atoms with E-state index in [9.17, 15) is 0 Å². The highest BCUT2D eigenvalue weighted by Gasteiger charge is 2.37. The number of hydrogen-bond acceptors (Lipinski definition) is 5. The molecule has 5 heteroatoms. The summed E-state index contributed by atoms with van der Waals surface area (Å²) in [4.78, 5) is 4.58. The molecule has 2 N–H and O–H groups in total. The van der Waals surface area contributed by atoms with Gasteiger partial charge >= 0.3 is 0 Å². The minimum Gasteiger partial charge on any atom is -0.378 e. The Kier molecular flexibility index (Phi) is 4.31. The van der Waals surface area contributed by atoms with E-state index in [4.69, 9.17) is 15.0 Å². The van der Waals surface area contributed by atoms with Gasteiger partial charge in [-0.25, -0.2) is 0 Å². The van der Waals surface area contributed by atoms with Crippen LogP contribution in [-0.2, 0) is 16.7 Å². The maximum absolute atomic E-state index is 6.49. The molecule has 5 nitrogen and oxygen atoms in total. The zero-order chi connectivity index (χ0) is 14.9. The molecule has 0 radical (unpaired) electrons. The highest BCUT2D eigenvalue weighted by molar-refractivity contribution is 5.06. The van der Waals surface area contributed by atoms with Gasteiger partial charge in [0, 0.05) is 13.0 Å². The van der Waals surface area contributed by atoms with Crippen molar-refractivity contribution in [1.82, 2.24) is 10.1 Å². The Morgan fingerprint density at radius 2 is 2.05 bits per heavy atom. The average Bonchev–Trinajstić information content (AvgIpc) is 2.89. The topological polar surface area (TPSA) is 74.2 Å². The molecular weight excluding hydrogens is 266 g/mol. The lowest BCUT2D eigenvalue weighted by atomic mass is 9.77. The van der Waals surface area contributed by atoms with E-state index in [1.54, 1.807) is 0 Å². The van der Waals surface area contributed by atoms with E-state index in [-0.39, 0.29) is 5.54 Å². The molecule has 2 fully saturated rings.